The standard InChI is InChI=1S/C22H23NO4/c24-21(25)14-27-18-8-3-7-16(13-18)22(26)23(17-11-12-17)20-10-4-6-15-5-1-2-9-19(15)20/h1-3,5,7-9,13,17,20H,4,6,10-12,14H2,(H,24,25). The molecular formula is C22H23NO4. The van der Waals surface area contributed by atoms with Crippen molar-refractivity contribution in [1.29, 1.82) is 0 Å². The minimum Gasteiger partial charge on any atom is -0.482 e. The number of carbonyl (C=O) groups is 2. The number of rotatable bonds is 6. The Kier molecular flexibility index (Phi) is 4.84. The number of benzene rings is 2. The fraction of sp³-hybridized carbons (Fsp3) is 0.364. The molecule has 0 aromatic heterocycles. The first-order chi connectivity index (χ1) is 13.1. The van der Waals surface area contributed by atoms with E-state index in [9.17, 15) is 9.59 Å². The molecule has 0 radical (unpaired) electrons. The van der Waals surface area contributed by atoms with Gasteiger partial charge in [0.05, 0.1) is 6.04 Å². The molecule has 0 saturated heterocycles. The van der Waals surface area contributed by atoms with Gasteiger partial charge in [0.15, 0.2) is 6.61 Å². The highest BCUT2D eigenvalue weighted by molar-refractivity contribution is 5.95. The number of carboxylic acid groups (broad SMARTS) is 1. The summed E-state index contributed by atoms with van der Waals surface area (Å²) >= 11 is 0. The van der Waals surface area contributed by atoms with Crippen molar-refractivity contribution in [3.63, 3.8) is 0 Å². The predicted molar refractivity (Wildman–Crippen MR) is 101 cm³/mol. The molecule has 5 nitrogen and oxygen atoms in total. The van der Waals surface area contributed by atoms with Gasteiger partial charge in [0.2, 0.25) is 0 Å². The number of aryl methyl sites for hydroxylation is 1. The molecule has 140 valence electrons. The van der Waals surface area contributed by atoms with Crippen LogP contribution in [0.2, 0.25) is 0 Å². The molecule has 2 aliphatic carbocycles. The van der Waals surface area contributed by atoms with Crippen LogP contribution in [0.5, 0.6) is 5.75 Å². The first-order valence-electron chi connectivity index (χ1n) is 9.48. The van der Waals surface area contributed by atoms with Crippen molar-refractivity contribution in [3.8, 4) is 5.75 Å². The molecule has 0 heterocycles. The van der Waals surface area contributed by atoms with E-state index in [0.29, 0.717) is 11.3 Å². The zero-order valence-electron chi connectivity index (χ0n) is 15.1. The van der Waals surface area contributed by atoms with Crippen LogP contribution in [0.1, 0.15) is 53.2 Å². The van der Waals surface area contributed by atoms with Crippen molar-refractivity contribution in [2.24, 2.45) is 0 Å². The summed E-state index contributed by atoms with van der Waals surface area (Å²) < 4.78 is 5.25. The van der Waals surface area contributed by atoms with Gasteiger partial charge in [0, 0.05) is 11.6 Å². The van der Waals surface area contributed by atoms with Gasteiger partial charge in [-0.1, -0.05) is 30.3 Å². The SMILES string of the molecule is O=C(O)COc1cccc(C(=O)N(C2CC2)C2CCCc3ccccc32)c1. The topological polar surface area (TPSA) is 66.8 Å². The Morgan fingerprint density at radius 2 is 1.89 bits per heavy atom. The monoisotopic (exact) mass is 365 g/mol. The van der Waals surface area contributed by atoms with Gasteiger partial charge in [-0.3, -0.25) is 4.79 Å². The van der Waals surface area contributed by atoms with Crippen LogP contribution in [0.4, 0.5) is 0 Å². The molecule has 0 bridgehead atoms. The average Bonchev–Trinajstić information content (AvgIpc) is 3.52. The van der Waals surface area contributed by atoms with Gasteiger partial charge < -0.3 is 14.7 Å². The van der Waals surface area contributed by atoms with E-state index in [1.165, 1.54) is 11.1 Å². The lowest BCUT2D eigenvalue weighted by Gasteiger charge is -2.36. The number of nitrogens with zero attached hydrogens (tertiary/aromatic N) is 1. The lowest BCUT2D eigenvalue weighted by molar-refractivity contribution is -0.139. The second-order valence-electron chi connectivity index (χ2n) is 7.26. The zero-order valence-corrected chi connectivity index (χ0v) is 15.1. The van der Waals surface area contributed by atoms with Crippen LogP contribution in [-0.4, -0.2) is 34.5 Å². The van der Waals surface area contributed by atoms with Crippen LogP contribution in [0.3, 0.4) is 0 Å². The molecule has 2 aromatic carbocycles. The van der Waals surface area contributed by atoms with Gasteiger partial charge in [0.25, 0.3) is 5.91 Å². The van der Waals surface area contributed by atoms with Crippen molar-refractivity contribution >= 4 is 11.9 Å². The minimum atomic E-state index is -1.04. The minimum absolute atomic E-state index is 0.0000203. The molecule has 2 aliphatic rings. The number of hydrogen-bond donors (Lipinski definition) is 1. The fourth-order valence-corrected chi connectivity index (χ4v) is 3.94. The summed E-state index contributed by atoms with van der Waals surface area (Å²) in [6.45, 7) is -0.417. The van der Waals surface area contributed by atoms with Crippen molar-refractivity contribution in [2.75, 3.05) is 6.61 Å². The van der Waals surface area contributed by atoms with E-state index in [4.69, 9.17) is 9.84 Å². The predicted octanol–water partition coefficient (Wildman–Crippen LogP) is 3.83. The largest absolute Gasteiger partial charge is 0.482 e. The van der Waals surface area contributed by atoms with Gasteiger partial charge in [-0.05, 0) is 61.4 Å². The maximum Gasteiger partial charge on any atom is 0.341 e. The van der Waals surface area contributed by atoms with Crippen LogP contribution < -0.4 is 4.74 Å². The zero-order chi connectivity index (χ0) is 18.8. The van der Waals surface area contributed by atoms with E-state index in [-0.39, 0.29) is 18.0 Å². The summed E-state index contributed by atoms with van der Waals surface area (Å²) in [6.07, 6.45) is 5.21. The summed E-state index contributed by atoms with van der Waals surface area (Å²) in [7, 11) is 0. The third-order valence-corrected chi connectivity index (χ3v) is 5.29. The van der Waals surface area contributed by atoms with Gasteiger partial charge >= 0.3 is 5.97 Å². The Labute approximate surface area is 158 Å². The van der Waals surface area contributed by atoms with Crippen molar-refractivity contribution in [2.45, 2.75) is 44.2 Å². The molecular weight excluding hydrogens is 342 g/mol. The maximum atomic E-state index is 13.4. The maximum absolute atomic E-state index is 13.4. The third kappa shape index (κ3) is 3.82. The quantitative estimate of drug-likeness (QED) is 0.845. The summed E-state index contributed by atoms with van der Waals surface area (Å²) in [5.74, 6) is -0.631. The van der Waals surface area contributed by atoms with Gasteiger partial charge in [-0.2, -0.15) is 0 Å². The molecule has 2 aromatic rings. The normalized spacial score (nSPS) is 18.4. The van der Waals surface area contributed by atoms with E-state index >= 15 is 0 Å². The summed E-state index contributed by atoms with van der Waals surface area (Å²) in [5, 5.41) is 8.79. The second-order valence-corrected chi connectivity index (χ2v) is 7.26. The molecule has 0 spiro atoms. The van der Waals surface area contributed by atoms with Crippen LogP contribution in [0, 0.1) is 0 Å². The number of fused-ring (bicyclic) bond motifs is 1. The van der Waals surface area contributed by atoms with Gasteiger partial charge in [-0.25, -0.2) is 4.79 Å². The van der Waals surface area contributed by atoms with Crippen LogP contribution in [-0.2, 0) is 11.2 Å². The highest BCUT2D eigenvalue weighted by Crippen LogP contribution is 2.41. The van der Waals surface area contributed by atoms with Crippen molar-refractivity contribution in [1.82, 2.24) is 4.90 Å². The Morgan fingerprint density at radius 3 is 2.67 bits per heavy atom. The number of carbonyl (C=O) groups excluding carboxylic acids is 1. The summed E-state index contributed by atoms with van der Waals surface area (Å²) in [4.78, 5) is 26.2. The Balaban J connectivity index is 1.61. The number of ether oxygens (including phenoxy) is 1. The Morgan fingerprint density at radius 1 is 1.07 bits per heavy atom. The number of carboxylic acids is 1. The van der Waals surface area contributed by atoms with Gasteiger partial charge in [0.1, 0.15) is 5.75 Å². The molecule has 1 fully saturated rings. The van der Waals surface area contributed by atoms with Crippen LogP contribution >= 0.6 is 0 Å². The molecule has 27 heavy (non-hydrogen) atoms. The molecule has 1 N–H and O–H groups in total. The third-order valence-electron chi connectivity index (χ3n) is 5.29. The number of hydrogen-bond acceptors (Lipinski definition) is 3. The molecule has 1 amide bonds. The molecule has 4 rings (SSSR count). The molecule has 1 saturated carbocycles. The molecule has 5 heteroatoms. The lowest BCUT2D eigenvalue weighted by Crippen LogP contribution is -2.38. The molecule has 1 atom stereocenters. The lowest BCUT2D eigenvalue weighted by atomic mass is 9.86. The first kappa shape index (κ1) is 17.6. The Bertz CT molecular complexity index is 859. The molecule has 0 aliphatic heterocycles. The van der Waals surface area contributed by atoms with E-state index in [1.54, 1.807) is 24.3 Å². The van der Waals surface area contributed by atoms with Gasteiger partial charge in [-0.15, -0.1) is 0 Å². The van der Waals surface area contributed by atoms with E-state index < -0.39 is 12.6 Å². The second kappa shape index (κ2) is 7.43. The first-order valence-corrected chi connectivity index (χ1v) is 9.48. The fourth-order valence-electron chi connectivity index (χ4n) is 3.94. The van der Waals surface area contributed by atoms with E-state index in [2.05, 4.69) is 18.2 Å². The smallest absolute Gasteiger partial charge is 0.341 e. The summed E-state index contributed by atoms with van der Waals surface area (Å²) in [6, 6.07) is 15.7. The van der Waals surface area contributed by atoms with Crippen LogP contribution in [0.15, 0.2) is 48.5 Å². The number of amides is 1. The van der Waals surface area contributed by atoms with Crippen molar-refractivity contribution < 1.29 is 19.4 Å². The number of aliphatic carboxylic acids is 1. The average molecular weight is 365 g/mol. The highest BCUT2D eigenvalue weighted by atomic mass is 16.5. The Hall–Kier alpha value is -2.82. The molecule has 1 unspecified atom stereocenters. The highest BCUT2D eigenvalue weighted by Gasteiger charge is 2.39. The van der Waals surface area contributed by atoms with Crippen molar-refractivity contribution in [3.05, 3.63) is 65.2 Å². The van der Waals surface area contributed by atoms with E-state index in [0.717, 1.165) is 32.1 Å². The summed E-state index contributed by atoms with van der Waals surface area (Å²) in [5.41, 5.74) is 3.15. The van der Waals surface area contributed by atoms with Crippen LogP contribution in [0.25, 0.3) is 0 Å². The van der Waals surface area contributed by atoms with E-state index in [1.807, 2.05) is 11.0 Å².